The van der Waals surface area contributed by atoms with Crippen molar-refractivity contribution in [1.29, 1.82) is 0 Å². The lowest BCUT2D eigenvalue weighted by Gasteiger charge is -2.24. The predicted octanol–water partition coefficient (Wildman–Crippen LogP) is 4.19. The van der Waals surface area contributed by atoms with E-state index in [0.717, 1.165) is 33.8 Å². The molecule has 1 unspecified atom stereocenters. The molecule has 0 amide bonds. The van der Waals surface area contributed by atoms with Crippen LogP contribution in [0.4, 0.5) is 0 Å². The van der Waals surface area contributed by atoms with Gasteiger partial charge in [0, 0.05) is 27.5 Å². The molecule has 1 aliphatic rings. The molecule has 0 saturated carbocycles. The van der Waals surface area contributed by atoms with E-state index < -0.39 is 5.97 Å². The number of carbonyl (C=O) groups is 1. The maximum absolute atomic E-state index is 11.8. The molecule has 3 aromatic rings. The van der Waals surface area contributed by atoms with Gasteiger partial charge in [-0.25, -0.2) is 9.48 Å². The standard InChI is InChI=1S/C18H15N3O2S/c1-2-13-15-16(18(22)23)20-21(11-6-5-9-19-10-11)17(15)12-7-3-4-8-14(12)24-13/h3-10,13H,2H2,1H3,(H,22,23). The maximum Gasteiger partial charge on any atom is 0.356 e. The molecule has 1 atom stereocenters. The van der Waals surface area contributed by atoms with Gasteiger partial charge in [-0.1, -0.05) is 25.1 Å². The van der Waals surface area contributed by atoms with Gasteiger partial charge in [-0.05, 0) is 24.6 Å². The van der Waals surface area contributed by atoms with Gasteiger partial charge in [-0.15, -0.1) is 11.8 Å². The van der Waals surface area contributed by atoms with Crippen molar-refractivity contribution >= 4 is 17.7 Å². The molecular formula is C18H15N3O2S. The third-order valence-electron chi connectivity index (χ3n) is 4.12. The molecule has 0 radical (unpaired) electrons. The first kappa shape index (κ1) is 15.0. The summed E-state index contributed by atoms with van der Waals surface area (Å²) in [4.78, 5) is 17.1. The Morgan fingerprint density at radius 2 is 2.12 bits per heavy atom. The summed E-state index contributed by atoms with van der Waals surface area (Å²) in [5.74, 6) is -0.993. The highest BCUT2D eigenvalue weighted by atomic mass is 32.2. The van der Waals surface area contributed by atoms with Crippen LogP contribution in [0.5, 0.6) is 0 Å². The number of aromatic carboxylic acids is 1. The first-order valence-corrected chi connectivity index (χ1v) is 8.61. The number of nitrogens with zero attached hydrogens (tertiary/aromatic N) is 3. The number of rotatable bonds is 3. The molecule has 5 nitrogen and oxygen atoms in total. The number of carboxylic acid groups (broad SMARTS) is 1. The van der Waals surface area contributed by atoms with Crippen LogP contribution in [-0.4, -0.2) is 25.8 Å². The van der Waals surface area contributed by atoms with Crippen LogP contribution in [0, 0.1) is 0 Å². The van der Waals surface area contributed by atoms with Crippen molar-refractivity contribution in [1.82, 2.24) is 14.8 Å². The highest BCUT2D eigenvalue weighted by molar-refractivity contribution is 7.99. The smallest absolute Gasteiger partial charge is 0.356 e. The molecule has 120 valence electrons. The first-order chi connectivity index (χ1) is 11.7. The van der Waals surface area contributed by atoms with Crippen molar-refractivity contribution in [3.05, 3.63) is 60.0 Å². The van der Waals surface area contributed by atoms with Crippen molar-refractivity contribution in [2.24, 2.45) is 0 Å². The fraction of sp³-hybridized carbons (Fsp3) is 0.167. The molecule has 6 heteroatoms. The zero-order valence-electron chi connectivity index (χ0n) is 13.0. The van der Waals surface area contributed by atoms with Gasteiger partial charge in [-0.3, -0.25) is 4.98 Å². The molecule has 0 fully saturated rings. The predicted molar refractivity (Wildman–Crippen MR) is 92.6 cm³/mol. The molecule has 2 aromatic heterocycles. The largest absolute Gasteiger partial charge is 0.476 e. The van der Waals surface area contributed by atoms with E-state index in [1.165, 1.54) is 0 Å². The number of hydrogen-bond acceptors (Lipinski definition) is 4. The minimum atomic E-state index is -0.993. The summed E-state index contributed by atoms with van der Waals surface area (Å²) in [5.41, 5.74) is 3.57. The van der Waals surface area contributed by atoms with Gasteiger partial charge in [-0.2, -0.15) is 5.10 Å². The highest BCUT2D eigenvalue weighted by Crippen LogP contribution is 2.51. The molecule has 1 aliphatic heterocycles. The van der Waals surface area contributed by atoms with E-state index in [9.17, 15) is 9.90 Å². The van der Waals surface area contributed by atoms with Crippen molar-refractivity contribution in [3.8, 4) is 16.9 Å². The van der Waals surface area contributed by atoms with Gasteiger partial charge in [0.1, 0.15) is 0 Å². The van der Waals surface area contributed by atoms with E-state index in [2.05, 4.69) is 23.1 Å². The molecule has 1 aromatic carbocycles. The third kappa shape index (κ3) is 2.22. The molecule has 0 spiro atoms. The van der Waals surface area contributed by atoms with Gasteiger partial charge in [0.05, 0.1) is 17.6 Å². The number of thioether (sulfide) groups is 1. The summed E-state index contributed by atoms with van der Waals surface area (Å²) in [7, 11) is 0. The van der Waals surface area contributed by atoms with Crippen molar-refractivity contribution in [2.75, 3.05) is 0 Å². The van der Waals surface area contributed by atoms with Crippen LogP contribution in [0.3, 0.4) is 0 Å². The lowest BCUT2D eigenvalue weighted by molar-refractivity contribution is 0.0688. The number of carboxylic acids is 1. The Hall–Kier alpha value is -2.60. The topological polar surface area (TPSA) is 68.0 Å². The summed E-state index contributed by atoms with van der Waals surface area (Å²) in [5, 5.41) is 14.2. The van der Waals surface area contributed by atoms with Crippen LogP contribution in [0.25, 0.3) is 16.9 Å². The normalized spacial score (nSPS) is 15.6. The van der Waals surface area contributed by atoms with E-state index in [1.54, 1.807) is 28.8 Å². The Labute approximate surface area is 143 Å². The van der Waals surface area contributed by atoms with Gasteiger partial charge in [0.15, 0.2) is 5.69 Å². The first-order valence-electron chi connectivity index (χ1n) is 7.73. The van der Waals surface area contributed by atoms with Crippen molar-refractivity contribution in [2.45, 2.75) is 23.5 Å². The highest BCUT2D eigenvalue weighted by Gasteiger charge is 2.34. The van der Waals surface area contributed by atoms with Crippen LogP contribution in [0.1, 0.15) is 34.6 Å². The molecule has 3 heterocycles. The number of pyridine rings is 1. The van der Waals surface area contributed by atoms with Gasteiger partial charge >= 0.3 is 5.97 Å². The number of hydrogen-bond donors (Lipinski definition) is 1. The quantitative estimate of drug-likeness (QED) is 0.776. The van der Waals surface area contributed by atoms with Crippen LogP contribution in [0.15, 0.2) is 53.7 Å². The van der Waals surface area contributed by atoms with Crippen LogP contribution in [0.2, 0.25) is 0 Å². The molecule has 0 aliphatic carbocycles. The van der Waals surface area contributed by atoms with Crippen molar-refractivity contribution < 1.29 is 9.90 Å². The summed E-state index contributed by atoms with van der Waals surface area (Å²) >= 11 is 1.71. The molecule has 1 N–H and O–H groups in total. The minimum Gasteiger partial charge on any atom is -0.476 e. The Bertz CT molecular complexity index is 921. The number of aromatic nitrogens is 3. The summed E-state index contributed by atoms with van der Waals surface area (Å²) in [6, 6.07) is 11.8. The number of benzene rings is 1. The van der Waals surface area contributed by atoms with Gasteiger partial charge in [0.25, 0.3) is 0 Å². The molecule has 0 bridgehead atoms. The summed E-state index contributed by atoms with van der Waals surface area (Å²) in [6.45, 7) is 2.07. The second-order valence-electron chi connectivity index (χ2n) is 5.55. The van der Waals surface area contributed by atoms with Crippen LogP contribution >= 0.6 is 11.8 Å². The van der Waals surface area contributed by atoms with Crippen LogP contribution in [-0.2, 0) is 0 Å². The van der Waals surface area contributed by atoms with E-state index >= 15 is 0 Å². The van der Waals surface area contributed by atoms with E-state index in [0.29, 0.717) is 0 Å². The molecule has 0 saturated heterocycles. The Morgan fingerprint density at radius 3 is 2.83 bits per heavy atom. The summed E-state index contributed by atoms with van der Waals surface area (Å²) < 4.78 is 1.72. The fourth-order valence-corrected chi connectivity index (χ4v) is 4.35. The van der Waals surface area contributed by atoms with Crippen LogP contribution < -0.4 is 0 Å². The average Bonchev–Trinajstić information content (AvgIpc) is 3.03. The third-order valence-corrected chi connectivity index (χ3v) is 5.58. The maximum atomic E-state index is 11.8. The monoisotopic (exact) mass is 337 g/mol. The zero-order valence-corrected chi connectivity index (χ0v) is 13.8. The van der Waals surface area contributed by atoms with Gasteiger partial charge in [0.2, 0.25) is 0 Å². The Kier molecular flexibility index (Phi) is 3.61. The number of fused-ring (bicyclic) bond motifs is 3. The second-order valence-corrected chi connectivity index (χ2v) is 6.79. The summed E-state index contributed by atoms with van der Waals surface area (Å²) in [6.07, 6.45) is 4.23. The molecule has 24 heavy (non-hydrogen) atoms. The lowest BCUT2D eigenvalue weighted by atomic mass is 10.00. The minimum absolute atomic E-state index is 0.0754. The van der Waals surface area contributed by atoms with Crippen molar-refractivity contribution in [3.63, 3.8) is 0 Å². The van der Waals surface area contributed by atoms with E-state index in [1.807, 2.05) is 30.3 Å². The van der Waals surface area contributed by atoms with Gasteiger partial charge < -0.3 is 5.11 Å². The SMILES string of the molecule is CCC1Sc2ccccc2-c2c1c(C(=O)O)nn2-c1cccnc1. The Morgan fingerprint density at radius 1 is 1.29 bits per heavy atom. The molecular weight excluding hydrogens is 322 g/mol. The average molecular weight is 337 g/mol. The van der Waals surface area contributed by atoms with E-state index in [4.69, 9.17) is 0 Å². The second kappa shape index (κ2) is 5.79. The Balaban J connectivity index is 2.07. The lowest BCUT2D eigenvalue weighted by Crippen LogP contribution is -2.08. The molecule has 4 rings (SSSR count). The van der Waals surface area contributed by atoms with E-state index in [-0.39, 0.29) is 10.9 Å². The fourth-order valence-electron chi connectivity index (χ4n) is 3.08. The zero-order chi connectivity index (χ0) is 16.7.